The fraction of sp³-hybridized carbons (Fsp3) is 0.375. The molecular weight excluding hydrogens is 364 g/mol. The first-order valence-electron chi connectivity index (χ1n) is 10.0. The van der Waals surface area contributed by atoms with Gasteiger partial charge in [0.05, 0.1) is 25.5 Å². The molecule has 0 aliphatic heterocycles. The highest BCUT2D eigenvalue weighted by Crippen LogP contribution is 2.29. The number of nitrogens with one attached hydrogen (secondary N) is 1. The highest BCUT2D eigenvalue weighted by molar-refractivity contribution is 6.12. The second-order valence-corrected chi connectivity index (χ2v) is 7.88. The lowest BCUT2D eigenvalue weighted by Crippen LogP contribution is -2.34. The van der Waals surface area contributed by atoms with Crippen molar-refractivity contribution in [3.8, 4) is 5.75 Å². The monoisotopic (exact) mass is 394 g/mol. The van der Waals surface area contributed by atoms with E-state index < -0.39 is 6.10 Å². The number of ketones is 1. The van der Waals surface area contributed by atoms with Gasteiger partial charge in [-0.25, -0.2) is 0 Å². The first kappa shape index (κ1) is 21.1. The Bertz CT molecular complexity index is 1000. The van der Waals surface area contributed by atoms with E-state index in [0.717, 1.165) is 22.0 Å². The van der Waals surface area contributed by atoms with Gasteiger partial charge in [0.15, 0.2) is 0 Å². The van der Waals surface area contributed by atoms with Crippen molar-refractivity contribution in [1.82, 2.24) is 9.88 Å². The summed E-state index contributed by atoms with van der Waals surface area (Å²) >= 11 is 0. The number of hydrogen-bond donors (Lipinski definition) is 2. The zero-order valence-electron chi connectivity index (χ0n) is 17.8. The third-order valence-electron chi connectivity index (χ3n) is 5.19. The number of aromatic nitrogens is 1. The molecule has 2 aromatic carbocycles. The van der Waals surface area contributed by atoms with E-state index in [2.05, 4.69) is 11.4 Å². The van der Waals surface area contributed by atoms with Gasteiger partial charge >= 0.3 is 0 Å². The highest BCUT2D eigenvalue weighted by atomic mass is 16.5. The molecule has 5 heteroatoms. The Morgan fingerprint density at radius 3 is 2.45 bits per heavy atom. The molecule has 2 N–H and O–H groups in total. The van der Waals surface area contributed by atoms with Crippen LogP contribution in [0.25, 0.3) is 10.9 Å². The summed E-state index contributed by atoms with van der Waals surface area (Å²) in [6.45, 7) is 8.94. The van der Waals surface area contributed by atoms with Crippen LogP contribution >= 0.6 is 0 Å². The van der Waals surface area contributed by atoms with E-state index in [0.29, 0.717) is 30.1 Å². The molecular formula is C24H30N2O3. The van der Waals surface area contributed by atoms with E-state index in [9.17, 15) is 9.90 Å². The lowest BCUT2D eigenvalue weighted by Gasteiger charge is -2.18. The van der Waals surface area contributed by atoms with Gasteiger partial charge < -0.3 is 19.7 Å². The molecule has 0 aliphatic rings. The highest BCUT2D eigenvalue weighted by Gasteiger charge is 2.23. The molecule has 0 saturated heterocycles. The predicted molar refractivity (Wildman–Crippen MR) is 117 cm³/mol. The van der Waals surface area contributed by atoms with E-state index in [4.69, 9.17) is 4.74 Å². The molecule has 0 radical (unpaired) electrons. The Kier molecular flexibility index (Phi) is 6.40. The molecule has 154 valence electrons. The zero-order valence-corrected chi connectivity index (χ0v) is 17.8. The maximum Gasteiger partial charge on any atom is 0.209 e. The van der Waals surface area contributed by atoms with Gasteiger partial charge in [-0.05, 0) is 55.8 Å². The van der Waals surface area contributed by atoms with Crippen LogP contribution in [0.5, 0.6) is 5.75 Å². The van der Waals surface area contributed by atoms with Crippen LogP contribution in [0.2, 0.25) is 0 Å². The van der Waals surface area contributed by atoms with E-state index >= 15 is 0 Å². The van der Waals surface area contributed by atoms with E-state index in [1.54, 1.807) is 31.4 Å². The number of aliphatic hydroxyl groups excluding tert-OH is 1. The summed E-state index contributed by atoms with van der Waals surface area (Å²) < 4.78 is 7.17. The quantitative estimate of drug-likeness (QED) is 0.570. The minimum absolute atomic E-state index is 0.0528. The molecule has 1 unspecified atom stereocenters. The van der Waals surface area contributed by atoms with Crippen molar-refractivity contribution in [2.45, 2.75) is 46.4 Å². The van der Waals surface area contributed by atoms with Crippen molar-refractivity contribution in [2.24, 2.45) is 0 Å². The standard InChI is InChI=1S/C24H30N2O3/c1-15(2)25-13-19(27)14-26-22-11-6-16(3)12-21(22)17(4)23(26)24(28)18-7-9-20(29-5)10-8-18/h6-12,15,19,25,27H,13-14H2,1-5H3. The number of nitrogens with zero attached hydrogens (tertiary/aromatic N) is 1. The summed E-state index contributed by atoms with van der Waals surface area (Å²) in [4.78, 5) is 13.4. The van der Waals surface area contributed by atoms with Crippen LogP contribution in [-0.2, 0) is 6.54 Å². The van der Waals surface area contributed by atoms with Gasteiger partial charge in [-0.3, -0.25) is 4.79 Å². The number of hydrogen-bond acceptors (Lipinski definition) is 4. The molecule has 0 fully saturated rings. The number of benzene rings is 2. The average molecular weight is 395 g/mol. The van der Waals surface area contributed by atoms with Crippen molar-refractivity contribution < 1.29 is 14.6 Å². The number of fused-ring (bicyclic) bond motifs is 1. The molecule has 29 heavy (non-hydrogen) atoms. The summed E-state index contributed by atoms with van der Waals surface area (Å²) in [6.07, 6.45) is -0.601. The Hall–Kier alpha value is -2.63. The smallest absolute Gasteiger partial charge is 0.209 e. The van der Waals surface area contributed by atoms with Gasteiger partial charge in [0, 0.05) is 29.1 Å². The minimum atomic E-state index is -0.601. The molecule has 0 amide bonds. The second kappa shape index (κ2) is 8.80. The van der Waals surface area contributed by atoms with Gasteiger partial charge in [-0.1, -0.05) is 25.5 Å². The van der Waals surface area contributed by atoms with Gasteiger partial charge in [0.25, 0.3) is 0 Å². The lowest BCUT2D eigenvalue weighted by molar-refractivity contribution is 0.102. The van der Waals surface area contributed by atoms with Crippen LogP contribution in [0, 0.1) is 13.8 Å². The Morgan fingerprint density at radius 2 is 1.83 bits per heavy atom. The van der Waals surface area contributed by atoms with E-state index in [1.807, 2.05) is 44.4 Å². The predicted octanol–water partition coefficient (Wildman–Crippen LogP) is 3.86. The van der Waals surface area contributed by atoms with Crippen LogP contribution in [0.3, 0.4) is 0 Å². The Labute approximate surface area is 172 Å². The third-order valence-corrected chi connectivity index (χ3v) is 5.19. The van der Waals surface area contributed by atoms with Crippen LogP contribution < -0.4 is 10.1 Å². The summed E-state index contributed by atoms with van der Waals surface area (Å²) in [6, 6.07) is 13.6. The topological polar surface area (TPSA) is 63.5 Å². The third kappa shape index (κ3) is 4.52. The number of methoxy groups -OCH3 is 1. The normalized spacial score (nSPS) is 12.5. The summed E-state index contributed by atoms with van der Waals surface area (Å²) in [5.41, 5.74) is 4.27. The SMILES string of the molecule is COc1ccc(C(=O)c2c(C)c3cc(C)ccc3n2CC(O)CNC(C)C)cc1. The maximum absolute atomic E-state index is 13.4. The fourth-order valence-electron chi connectivity index (χ4n) is 3.64. The lowest BCUT2D eigenvalue weighted by atomic mass is 10.0. The van der Waals surface area contributed by atoms with Crippen LogP contribution in [0.15, 0.2) is 42.5 Å². The molecule has 1 atom stereocenters. The summed E-state index contributed by atoms with van der Waals surface area (Å²) in [5, 5.41) is 14.9. The molecule has 3 aromatic rings. The summed E-state index contributed by atoms with van der Waals surface area (Å²) in [5.74, 6) is 0.660. The van der Waals surface area contributed by atoms with E-state index in [-0.39, 0.29) is 11.8 Å². The Morgan fingerprint density at radius 1 is 1.14 bits per heavy atom. The van der Waals surface area contributed by atoms with Crippen molar-refractivity contribution >= 4 is 16.7 Å². The first-order chi connectivity index (χ1) is 13.8. The maximum atomic E-state index is 13.4. The molecule has 1 heterocycles. The number of rotatable bonds is 8. The zero-order chi connectivity index (χ0) is 21.1. The summed E-state index contributed by atoms with van der Waals surface area (Å²) in [7, 11) is 1.60. The molecule has 0 saturated carbocycles. The number of carbonyl (C=O) groups is 1. The Balaban J connectivity index is 2.06. The average Bonchev–Trinajstić information content (AvgIpc) is 2.97. The van der Waals surface area contributed by atoms with E-state index in [1.165, 1.54) is 0 Å². The minimum Gasteiger partial charge on any atom is -0.497 e. The van der Waals surface area contributed by atoms with Crippen LogP contribution in [0.1, 0.15) is 41.0 Å². The molecule has 0 aliphatic carbocycles. The largest absolute Gasteiger partial charge is 0.497 e. The second-order valence-electron chi connectivity index (χ2n) is 7.88. The van der Waals surface area contributed by atoms with Gasteiger partial charge in [-0.2, -0.15) is 0 Å². The van der Waals surface area contributed by atoms with Crippen molar-refractivity contribution in [3.05, 3.63) is 64.8 Å². The molecule has 0 bridgehead atoms. The van der Waals surface area contributed by atoms with Crippen molar-refractivity contribution in [1.29, 1.82) is 0 Å². The molecule has 5 nitrogen and oxygen atoms in total. The van der Waals surface area contributed by atoms with Crippen LogP contribution in [0.4, 0.5) is 0 Å². The van der Waals surface area contributed by atoms with Crippen molar-refractivity contribution in [3.63, 3.8) is 0 Å². The number of aryl methyl sites for hydroxylation is 2. The first-order valence-corrected chi connectivity index (χ1v) is 10.0. The van der Waals surface area contributed by atoms with Gasteiger partial charge in [-0.15, -0.1) is 0 Å². The number of carbonyl (C=O) groups excluding carboxylic acids is 1. The van der Waals surface area contributed by atoms with Crippen LogP contribution in [-0.4, -0.2) is 41.3 Å². The molecule has 0 spiro atoms. The van der Waals surface area contributed by atoms with Crippen molar-refractivity contribution in [2.75, 3.05) is 13.7 Å². The molecule has 3 rings (SSSR count). The van der Waals surface area contributed by atoms with Gasteiger partial charge in [0.2, 0.25) is 5.78 Å². The van der Waals surface area contributed by atoms with Gasteiger partial charge in [0.1, 0.15) is 5.75 Å². The number of aliphatic hydroxyl groups is 1. The molecule has 1 aromatic heterocycles. The fourth-order valence-corrected chi connectivity index (χ4v) is 3.64. The number of ether oxygens (including phenoxy) is 1.